The summed E-state index contributed by atoms with van der Waals surface area (Å²) >= 11 is 5.83. The molecule has 0 bridgehead atoms. The van der Waals surface area contributed by atoms with E-state index in [1.54, 1.807) is 0 Å². The molecule has 13 heavy (non-hydrogen) atoms. The SMILES string of the molecule is Cc1c2ccc(Cl)cc2nn1C.O. The second-order valence-electron chi connectivity index (χ2n) is 2.87. The molecule has 0 aliphatic carbocycles. The lowest BCUT2D eigenvalue weighted by atomic mass is 10.2. The monoisotopic (exact) mass is 198 g/mol. The summed E-state index contributed by atoms with van der Waals surface area (Å²) < 4.78 is 1.86. The first-order valence-electron chi connectivity index (χ1n) is 3.77. The van der Waals surface area contributed by atoms with Gasteiger partial charge in [0.2, 0.25) is 0 Å². The molecule has 0 saturated carbocycles. The van der Waals surface area contributed by atoms with Gasteiger partial charge in [0, 0.05) is 23.2 Å². The van der Waals surface area contributed by atoms with Crippen LogP contribution in [0.4, 0.5) is 0 Å². The molecule has 0 radical (unpaired) electrons. The summed E-state index contributed by atoms with van der Waals surface area (Å²) in [5, 5.41) is 6.21. The largest absolute Gasteiger partial charge is 0.412 e. The highest BCUT2D eigenvalue weighted by Crippen LogP contribution is 2.20. The van der Waals surface area contributed by atoms with Gasteiger partial charge < -0.3 is 5.48 Å². The van der Waals surface area contributed by atoms with Gasteiger partial charge in [0.05, 0.1) is 5.52 Å². The van der Waals surface area contributed by atoms with Crippen LogP contribution in [0.5, 0.6) is 0 Å². The van der Waals surface area contributed by atoms with Crippen LogP contribution in [-0.4, -0.2) is 15.3 Å². The van der Waals surface area contributed by atoms with Crippen molar-refractivity contribution < 1.29 is 5.48 Å². The normalized spacial score (nSPS) is 10.1. The molecule has 0 spiro atoms. The molecule has 4 heteroatoms. The molecule has 2 N–H and O–H groups in total. The van der Waals surface area contributed by atoms with E-state index in [1.807, 2.05) is 36.9 Å². The molecular formula is C9H11ClN2O. The second kappa shape index (κ2) is 3.36. The highest BCUT2D eigenvalue weighted by molar-refractivity contribution is 6.31. The van der Waals surface area contributed by atoms with E-state index in [1.165, 1.54) is 11.1 Å². The predicted molar refractivity (Wildman–Crippen MR) is 54.1 cm³/mol. The molecule has 0 unspecified atom stereocenters. The maximum absolute atomic E-state index is 5.83. The average Bonchev–Trinajstić information content (AvgIpc) is 2.28. The summed E-state index contributed by atoms with van der Waals surface area (Å²) in [6.45, 7) is 2.04. The Balaban J connectivity index is 0.000000845. The fraction of sp³-hybridized carbons (Fsp3) is 0.222. The van der Waals surface area contributed by atoms with E-state index in [2.05, 4.69) is 5.10 Å². The van der Waals surface area contributed by atoms with Gasteiger partial charge in [-0.3, -0.25) is 4.68 Å². The Morgan fingerprint density at radius 3 is 2.77 bits per heavy atom. The molecule has 0 aliphatic heterocycles. The van der Waals surface area contributed by atoms with Gasteiger partial charge in [0.25, 0.3) is 0 Å². The molecule has 3 nitrogen and oxygen atoms in total. The van der Waals surface area contributed by atoms with E-state index >= 15 is 0 Å². The first-order valence-corrected chi connectivity index (χ1v) is 4.15. The summed E-state index contributed by atoms with van der Waals surface area (Å²) in [7, 11) is 1.93. The molecule has 0 amide bonds. The summed E-state index contributed by atoms with van der Waals surface area (Å²) in [6.07, 6.45) is 0. The number of hydrogen-bond donors (Lipinski definition) is 0. The van der Waals surface area contributed by atoms with Crippen LogP contribution >= 0.6 is 11.6 Å². The van der Waals surface area contributed by atoms with Crippen molar-refractivity contribution in [3.05, 3.63) is 28.9 Å². The van der Waals surface area contributed by atoms with Crippen LogP contribution in [0.25, 0.3) is 10.9 Å². The number of benzene rings is 1. The first kappa shape index (κ1) is 10.0. The van der Waals surface area contributed by atoms with E-state index in [9.17, 15) is 0 Å². The zero-order chi connectivity index (χ0) is 8.72. The molecule has 70 valence electrons. The van der Waals surface area contributed by atoms with Crippen molar-refractivity contribution in [1.29, 1.82) is 0 Å². The van der Waals surface area contributed by atoms with Crippen molar-refractivity contribution in [2.24, 2.45) is 7.05 Å². The van der Waals surface area contributed by atoms with Crippen molar-refractivity contribution in [1.82, 2.24) is 9.78 Å². The Morgan fingerprint density at radius 1 is 1.38 bits per heavy atom. The number of aryl methyl sites for hydroxylation is 2. The summed E-state index contributed by atoms with van der Waals surface area (Å²) in [4.78, 5) is 0. The quantitative estimate of drug-likeness (QED) is 0.636. The molecule has 0 saturated heterocycles. The van der Waals surface area contributed by atoms with Crippen LogP contribution in [0.15, 0.2) is 18.2 Å². The highest BCUT2D eigenvalue weighted by Gasteiger charge is 2.03. The van der Waals surface area contributed by atoms with E-state index < -0.39 is 0 Å². The van der Waals surface area contributed by atoms with Crippen LogP contribution in [0, 0.1) is 6.92 Å². The summed E-state index contributed by atoms with van der Waals surface area (Å²) in [5.74, 6) is 0. The van der Waals surface area contributed by atoms with E-state index in [4.69, 9.17) is 11.6 Å². The summed E-state index contributed by atoms with van der Waals surface area (Å²) in [5.41, 5.74) is 2.13. The van der Waals surface area contributed by atoms with Crippen molar-refractivity contribution in [3.8, 4) is 0 Å². The second-order valence-corrected chi connectivity index (χ2v) is 3.31. The minimum atomic E-state index is 0. The van der Waals surface area contributed by atoms with Crippen molar-refractivity contribution in [3.63, 3.8) is 0 Å². The van der Waals surface area contributed by atoms with Gasteiger partial charge in [0.15, 0.2) is 0 Å². The van der Waals surface area contributed by atoms with E-state index in [0.29, 0.717) is 0 Å². The van der Waals surface area contributed by atoms with Gasteiger partial charge in [-0.05, 0) is 25.1 Å². The highest BCUT2D eigenvalue weighted by atomic mass is 35.5. The lowest BCUT2D eigenvalue weighted by Crippen LogP contribution is -1.91. The molecule has 1 heterocycles. The number of halogens is 1. The van der Waals surface area contributed by atoms with Gasteiger partial charge in [-0.2, -0.15) is 5.10 Å². The van der Waals surface area contributed by atoms with Crippen LogP contribution < -0.4 is 0 Å². The fourth-order valence-corrected chi connectivity index (χ4v) is 1.47. The number of rotatable bonds is 0. The molecular weight excluding hydrogens is 188 g/mol. The van der Waals surface area contributed by atoms with Crippen molar-refractivity contribution in [2.45, 2.75) is 6.92 Å². The fourth-order valence-electron chi connectivity index (χ4n) is 1.30. The van der Waals surface area contributed by atoms with Crippen LogP contribution in [0.2, 0.25) is 5.02 Å². The van der Waals surface area contributed by atoms with Gasteiger partial charge in [-0.1, -0.05) is 11.6 Å². The molecule has 0 atom stereocenters. The molecule has 0 aliphatic rings. The van der Waals surface area contributed by atoms with Crippen LogP contribution in [0.1, 0.15) is 5.69 Å². The van der Waals surface area contributed by atoms with E-state index in [0.717, 1.165) is 10.5 Å². The zero-order valence-corrected chi connectivity index (χ0v) is 8.26. The third-order valence-electron chi connectivity index (χ3n) is 2.09. The minimum absolute atomic E-state index is 0. The van der Waals surface area contributed by atoms with E-state index in [-0.39, 0.29) is 5.48 Å². The van der Waals surface area contributed by atoms with Crippen molar-refractivity contribution >= 4 is 22.5 Å². The maximum atomic E-state index is 5.83. The smallest absolute Gasteiger partial charge is 0.0940 e. The Kier molecular flexibility index (Phi) is 2.59. The lowest BCUT2D eigenvalue weighted by Gasteiger charge is -1.91. The first-order chi connectivity index (χ1) is 5.68. The molecule has 2 rings (SSSR count). The molecule has 1 aromatic carbocycles. The van der Waals surface area contributed by atoms with Gasteiger partial charge in [-0.25, -0.2) is 0 Å². The standard InChI is InChI=1S/C9H9ClN2.H2O/c1-6-8-4-3-7(10)5-9(8)11-12(6)2;/h3-5H,1-2H3;1H2. The number of aromatic nitrogens is 2. The number of fused-ring (bicyclic) bond motifs is 1. The molecule has 1 aromatic heterocycles. The lowest BCUT2D eigenvalue weighted by molar-refractivity contribution is 0.751. The van der Waals surface area contributed by atoms with Crippen molar-refractivity contribution in [2.75, 3.05) is 0 Å². The Hall–Kier alpha value is -1.06. The summed E-state index contributed by atoms with van der Waals surface area (Å²) in [6, 6.07) is 5.77. The van der Waals surface area contributed by atoms with Crippen LogP contribution in [-0.2, 0) is 7.05 Å². The topological polar surface area (TPSA) is 49.3 Å². The maximum Gasteiger partial charge on any atom is 0.0940 e. The van der Waals surface area contributed by atoms with Gasteiger partial charge in [-0.15, -0.1) is 0 Å². The minimum Gasteiger partial charge on any atom is -0.412 e. The predicted octanol–water partition coefficient (Wildman–Crippen LogP) is 1.71. The Bertz CT molecular complexity index is 436. The zero-order valence-electron chi connectivity index (χ0n) is 7.50. The molecule has 2 aromatic rings. The number of nitrogens with zero attached hydrogens (tertiary/aromatic N) is 2. The third kappa shape index (κ3) is 1.53. The Morgan fingerprint density at radius 2 is 2.08 bits per heavy atom. The van der Waals surface area contributed by atoms with Crippen LogP contribution in [0.3, 0.4) is 0 Å². The van der Waals surface area contributed by atoms with Gasteiger partial charge in [0.1, 0.15) is 0 Å². The van der Waals surface area contributed by atoms with Gasteiger partial charge >= 0.3 is 0 Å². The average molecular weight is 199 g/mol. The number of hydrogen-bond acceptors (Lipinski definition) is 1. The Labute approximate surface area is 81.2 Å². The molecule has 0 fully saturated rings. The third-order valence-corrected chi connectivity index (χ3v) is 2.33.